The highest BCUT2D eigenvalue weighted by Gasteiger charge is 2.22. The molecule has 2 rings (SSSR count). The number of amides is 1. The number of carbonyl (C=O) groups excluding carboxylic acids is 1. The largest absolute Gasteiger partial charge is 0.381 e. The van der Waals surface area contributed by atoms with Gasteiger partial charge in [0.25, 0.3) is 0 Å². The van der Waals surface area contributed by atoms with Gasteiger partial charge in [-0.05, 0) is 43.0 Å². The zero-order chi connectivity index (χ0) is 17.6. The molecule has 24 heavy (non-hydrogen) atoms. The van der Waals surface area contributed by atoms with Gasteiger partial charge in [-0.3, -0.25) is 4.79 Å². The molecule has 1 saturated heterocycles. The van der Waals surface area contributed by atoms with Gasteiger partial charge in [0, 0.05) is 38.4 Å². The topological polar surface area (TPSA) is 75.7 Å². The van der Waals surface area contributed by atoms with Crippen LogP contribution in [-0.4, -0.2) is 40.6 Å². The van der Waals surface area contributed by atoms with Gasteiger partial charge >= 0.3 is 0 Å². The first-order valence-corrected chi connectivity index (χ1v) is 9.86. The third-order valence-corrected chi connectivity index (χ3v) is 5.22. The average molecular weight is 354 g/mol. The van der Waals surface area contributed by atoms with Crippen molar-refractivity contribution in [1.82, 2.24) is 4.72 Å². The van der Waals surface area contributed by atoms with Gasteiger partial charge in [0.2, 0.25) is 15.9 Å². The molecular weight excluding hydrogens is 328 g/mol. The Morgan fingerprint density at radius 2 is 1.96 bits per heavy atom. The molecular formula is C17H26N2O4S. The second-order valence-corrected chi connectivity index (χ2v) is 8.13. The minimum Gasteiger partial charge on any atom is -0.381 e. The van der Waals surface area contributed by atoms with Crippen LogP contribution in [0.4, 0.5) is 5.69 Å². The van der Waals surface area contributed by atoms with Crippen LogP contribution in [0.2, 0.25) is 0 Å². The molecule has 6 nitrogen and oxygen atoms in total. The number of hydrogen-bond acceptors (Lipinski definition) is 4. The predicted octanol–water partition coefficient (Wildman–Crippen LogP) is 2.15. The van der Waals surface area contributed by atoms with Crippen molar-refractivity contribution < 1.29 is 17.9 Å². The van der Waals surface area contributed by atoms with E-state index in [1.807, 2.05) is 0 Å². The first kappa shape index (κ1) is 18.9. The molecule has 1 aromatic carbocycles. The van der Waals surface area contributed by atoms with Crippen LogP contribution < -0.4 is 9.62 Å². The summed E-state index contributed by atoms with van der Waals surface area (Å²) in [5, 5.41) is 0. The Bertz CT molecular complexity index is 641. The van der Waals surface area contributed by atoms with E-state index in [1.54, 1.807) is 29.2 Å². The number of anilines is 1. The second kappa shape index (κ2) is 8.60. The monoisotopic (exact) mass is 354 g/mol. The lowest BCUT2D eigenvalue weighted by molar-refractivity contribution is -0.117. The Balaban J connectivity index is 1.84. The first-order valence-electron chi connectivity index (χ1n) is 8.38. The van der Waals surface area contributed by atoms with Crippen molar-refractivity contribution in [2.75, 3.05) is 31.2 Å². The van der Waals surface area contributed by atoms with Crippen molar-refractivity contribution in [1.29, 1.82) is 0 Å². The Morgan fingerprint density at radius 3 is 2.54 bits per heavy atom. The highest BCUT2D eigenvalue weighted by molar-refractivity contribution is 7.89. The molecule has 0 atom stereocenters. The summed E-state index contributed by atoms with van der Waals surface area (Å²) in [5.41, 5.74) is 0.749. The number of hydrogen-bond donors (Lipinski definition) is 1. The standard InChI is InChI=1S/C17H26N2O4S/c1-14(2)13-23-12-4-10-18-24(21,22)16-8-6-15(7-9-16)19-11-3-5-17(19)20/h6-9,14,18H,3-5,10-13H2,1-2H3. The Kier molecular flexibility index (Phi) is 6.77. The van der Waals surface area contributed by atoms with Gasteiger partial charge in [0.1, 0.15) is 0 Å². The summed E-state index contributed by atoms with van der Waals surface area (Å²) in [6.07, 6.45) is 2.03. The lowest BCUT2D eigenvalue weighted by Gasteiger charge is -2.16. The number of nitrogens with one attached hydrogen (secondary N) is 1. The summed E-state index contributed by atoms with van der Waals surface area (Å²) in [4.78, 5) is 13.6. The molecule has 0 radical (unpaired) electrons. The zero-order valence-corrected chi connectivity index (χ0v) is 15.1. The summed E-state index contributed by atoms with van der Waals surface area (Å²) >= 11 is 0. The van der Waals surface area contributed by atoms with Crippen molar-refractivity contribution in [3.63, 3.8) is 0 Å². The fourth-order valence-electron chi connectivity index (χ4n) is 2.51. The fourth-order valence-corrected chi connectivity index (χ4v) is 3.58. The zero-order valence-electron chi connectivity index (χ0n) is 14.3. The number of ether oxygens (including phenoxy) is 1. The van der Waals surface area contributed by atoms with Crippen LogP contribution in [0, 0.1) is 5.92 Å². The molecule has 1 fully saturated rings. The maximum Gasteiger partial charge on any atom is 0.240 e. The first-order chi connectivity index (χ1) is 11.4. The van der Waals surface area contributed by atoms with E-state index in [0.717, 1.165) is 12.1 Å². The molecule has 1 N–H and O–H groups in total. The molecule has 1 aliphatic rings. The summed E-state index contributed by atoms with van der Waals surface area (Å²) in [6, 6.07) is 6.45. The Hall–Kier alpha value is -1.44. The Morgan fingerprint density at radius 1 is 1.25 bits per heavy atom. The number of nitrogens with zero attached hydrogens (tertiary/aromatic N) is 1. The SMILES string of the molecule is CC(C)COCCCNS(=O)(=O)c1ccc(N2CCCC2=O)cc1. The van der Waals surface area contributed by atoms with Crippen molar-refractivity contribution in [2.45, 2.75) is 38.0 Å². The molecule has 0 aliphatic carbocycles. The van der Waals surface area contributed by atoms with Gasteiger partial charge in [0.05, 0.1) is 4.90 Å². The molecule has 0 unspecified atom stereocenters. The van der Waals surface area contributed by atoms with E-state index in [1.165, 1.54) is 0 Å². The number of sulfonamides is 1. The minimum absolute atomic E-state index is 0.0881. The number of benzene rings is 1. The molecule has 134 valence electrons. The van der Waals surface area contributed by atoms with E-state index >= 15 is 0 Å². The van der Waals surface area contributed by atoms with Gasteiger partial charge in [-0.1, -0.05) is 13.8 Å². The smallest absolute Gasteiger partial charge is 0.240 e. The van der Waals surface area contributed by atoms with Crippen LogP contribution in [-0.2, 0) is 19.6 Å². The Labute approximate surface area is 144 Å². The van der Waals surface area contributed by atoms with Crippen LogP contribution >= 0.6 is 0 Å². The molecule has 0 spiro atoms. The van der Waals surface area contributed by atoms with Gasteiger partial charge in [-0.15, -0.1) is 0 Å². The van der Waals surface area contributed by atoms with Crippen molar-refractivity contribution >= 4 is 21.6 Å². The van der Waals surface area contributed by atoms with Gasteiger partial charge in [0.15, 0.2) is 0 Å². The summed E-state index contributed by atoms with van der Waals surface area (Å²) in [6.45, 7) is 6.40. The quantitative estimate of drug-likeness (QED) is 0.690. The predicted molar refractivity (Wildman–Crippen MR) is 93.5 cm³/mol. The van der Waals surface area contributed by atoms with E-state index in [0.29, 0.717) is 45.1 Å². The third kappa shape index (κ3) is 5.29. The molecule has 0 aromatic heterocycles. The lowest BCUT2D eigenvalue weighted by atomic mass is 10.2. The van der Waals surface area contributed by atoms with Crippen molar-refractivity contribution in [3.8, 4) is 0 Å². The lowest BCUT2D eigenvalue weighted by Crippen LogP contribution is -2.26. The molecule has 0 saturated carbocycles. The van der Waals surface area contributed by atoms with Crippen LogP contribution in [0.15, 0.2) is 29.2 Å². The summed E-state index contributed by atoms with van der Waals surface area (Å²) < 4.78 is 32.5. The van der Waals surface area contributed by atoms with E-state index < -0.39 is 10.0 Å². The fraction of sp³-hybridized carbons (Fsp3) is 0.588. The summed E-state index contributed by atoms with van der Waals surface area (Å²) in [5.74, 6) is 0.563. The number of carbonyl (C=O) groups is 1. The molecule has 7 heteroatoms. The van der Waals surface area contributed by atoms with Crippen LogP contribution in [0.1, 0.15) is 33.1 Å². The maximum absolute atomic E-state index is 12.2. The average Bonchev–Trinajstić information content (AvgIpc) is 2.96. The van der Waals surface area contributed by atoms with Crippen molar-refractivity contribution in [2.24, 2.45) is 5.92 Å². The van der Waals surface area contributed by atoms with Crippen LogP contribution in [0.3, 0.4) is 0 Å². The molecule has 1 amide bonds. The molecule has 1 aliphatic heterocycles. The van der Waals surface area contributed by atoms with E-state index in [9.17, 15) is 13.2 Å². The van der Waals surface area contributed by atoms with Crippen LogP contribution in [0.5, 0.6) is 0 Å². The van der Waals surface area contributed by atoms with E-state index in [4.69, 9.17) is 4.74 Å². The molecule has 1 aromatic rings. The number of rotatable bonds is 9. The van der Waals surface area contributed by atoms with Crippen molar-refractivity contribution in [3.05, 3.63) is 24.3 Å². The highest BCUT2D eigenvalue weighted by atomic mass is 32.2. The van der Waals surface area contributed by atoms with Gasteiger partial charge in [-0.2, -0.15) is 0 Å². The van der Waals surface area contributed by atoms with E-state index in [-0.39, 0.29) is 10.8 Å². The van der Waals surface area contributed by atoms with E-state index in [2.05, 4.69) is 18.6 Å². The summed E-state index contributed by atoms with van der Waals surface area (Å²) in [7, 11) is -3.53. The maximum atomic E-state index is 12.2. The highest BCUT2D eigenvalue weighted by Crippen LogP contribution is 2.22. The third-order valence-electron chi connectivity index (χ3n) is 3.74. The minimum atomic E-state index is -3.53. The second-order valence-electron chi connectivity index (χ2n) is 6.36. The normalized spacial score (nSPS) is 15.5. The molecule has 1 heterocycles. The molecule has 0 bridgehead atoms. The van der Waals surface area contributed by atoms with Crippen LogP contribution in [0.25, 0.3) is 0 Å². The van der Waals surface area contributed by atoms with Gasteiger partial charge < -0.3 is 9.64 Å². The van der Waals surface area contributed by atoms with Gasteiger partial charge in [-0.25, -0.2) is 13.1 Å².